The van der Waals surface area contributed by atoms with Crippen LogP contribution in [0.1, 0.15) is 51.6 Å². The minimum Gasteiger partial charge on any atom is -0.444 e. The van der Waals surface area contributed by atoms with Crippen molar-refractivity contribution in [3.63, 3.8) is 0 Å². The SMILES string of the molecule is Cc1ncc(CNC2CCCN(C(=O)OC(C)(C)C)CC2)[nH]1. The highest BCUT2D eigenvalue weighted by molar-refractivity contribution is 5.68. The number of H-pyrrole nitrogens is 1. The number of carbonyl (C=O) groups excluding carboxylic acids is 1. The summed E-state index contributed by atoms with van der Waals surface area (Å²) in [6.07, 6.45) is 4.70. The highest BCUT2D eigenvalue weighted by atomic mass is 16.6. The number of aromatic amines is 1. The van der Waals surface area contributed by atoms with Gasteiger partial charge in [0, 0.05) is 37.6 Å². The smallest absolute Gasteiger partial charge is 0.410 e. The Labute approximate surface area is 132 Å². The van der Waals surface area contributed by atoms with Crippen LogP contribution in [0.3, 0.4) is 0 Å². The fourth-order valence-electron chi connectivity index (χ4n) is 2.63. The van der Waals surface area contributed by atoms with E-state index in [-0.39, 0.29) is 6.09 Å². The molecule has 0 aliphatic carbocycles. The molecule has 1 atom stereocenters. The van der Waals surface area contributed by atoms with Gasteiger partial charge in [-0.15, -0.1) is 0 Å². The number of aromatic nitrogens is 2. The van der Waals surface area contributed by atoms with E-state index in [1.165, 1.54) is 0 Å². The molecular weight excluding hydrogens is 280 g/mol. The quantitative estimate of drug-likeness (QED) is 0.900. The molecule has 0 spiro atoms. The van der Waals surface area contributed by atoms with Gasteiger partial charge in [-0.2, -0.15) is 0 Å². The van der Waals surface area contributed by atoms with E-state index >= 15 is 0 Å². The first kappa shape index (κ1) is 16.8. The van der Waals surface area contributed by atoms with Gasteiger partial charge in [-0.3, -0.25) is 0 Å². The summed E-state index contributed by atoms with van der Waals surface area (Å²) < 4.78 is 5.45. The van der Waals surface area contributed by atoms with Crippen LogP contribution in [0, 0.1) is 6.92 Å². The standard InChI is InChI=1S/C16H28N4O2/c1-12-17-10-14(19-12)11-18-13-6-5-8-20(9-7-13)15(21)22-16(2,3)4/h10,13,18H,5-9,11H2,1-4H3,(H,17,19). The van der Waals surface area contributed by atoms with E-state index in [9.17, 15) is 4.79 Å². The number of aryl methyl sites for hydroxylation is 1. The largest absolute Gasteiger partial charge is 0.444 e. The van der Waals surface area contributed by atoms with Crippen LogP contribution in [0.4, 0.5) is 4.79 Å². The van der Waals surface area contributed by atoms with E-state index in [4.69, 9.17) is 4.74 Å². The molecule has 0 aromatic carbocycles. The molecule has 6 nitrogen and oxygen atoms in total. The summed E-state index contributed by atoms with van der Waals surface area (Å²) in [5.41, 5.74) is 0.672. The molecule has 2 N–H and O–H groups in total. The van der Waals surface area contributed by atoms with Crippen molar-refractivity contribution in [1.82, 2.24) is 20.2 Å². The van der Waals surface area contributed by atoms with E-state index in [2.05, 4.69) is 15.3 Å². The zero-order valence-electron chi connectivity index (χ0n) is 14.1. The maximum absolute atomic E-state index is 12.1. The lowest BCUT2D eigenvalue weighted by Crippen LogP contribution is -2.38. The molecule has 0 saturated carbocycles. The molecule has 1 amide bonds. The van der Waals surface area contributed by atoms with Crippen molar-refractivity contribution in [2.24, 2.45) is 0 Å². The number of likely N-dealkylation sites (tertiary alicyclic amines) is 1. The van der Waals surface area contributed by atoms with Crippen LogP contribution >= 0.6 is 0 Å². The highest BCUT2D eigenvalue weighted by Crippen LogP contribution is 2.15. The summed E-state index contributed by atoms with van der Waals surface area (Å²) in [6, 6.07) is 0.427. The van der Waals surface area contributed by atoms with Crippen LogP contribution in [-0.4, -0.2) is 45.7 Å². The van der Waals surface area contributed by atoms with Gasteiger partial charge in [-0.05, 0) is 47.0 Å². The van der Waals surface area contributed by atoms with Gasteiger partial charge in [-0.1, -0.05) is 0 Å². The Kier molecular flexibility index (Phi) is 5.45. The number of nitrogens with one attached hydrogen (secondary N) is 2. The molecule has 6 heteroatoms. The van der Waals surface area contributed by atoms with Crippen molar-refractivity contribution >= 4 is 6.09 Å². The third kappa shape index (κ3) is 5.33. The van der Waals surface area contributed by atoms with Gasteiger partial charge in [0.2, 0.25) is 0 Å². The summed E-state index contributed by atoms with van der Waals surface area (Å²) in [6.45, 7) is 9.97. The van der Waals surface area contributed by atoms with E-state index in [0.717, 1.165) is 50.4 Å². The summed E-state index contributed by atoms with van der Waals surface area (Å²) >= 11 is 0. The first-order chi connectivity index (χ1) is 10.3. The Morgan fingerprint density at radius 1 is 1.45 bits per heavy atom. The molecule has 1 aliphatic rings. The minimum absolute atomic E-state index is 0.197. The number of amides is 1. The topological polar surface area (TPSA) is 70.2 Å². The second kappa shape index (κ2) is 7.13. The van der Waals surface area contributed by atoms with Crippen molar-refractivity contribution in [2.45, 2.75) is 65.1 Å². The number of ether oxygens (including phenoxy) is 1. The Bertz CT molecular complexity index is 493. The molecule has 1 unspecified atom stereocenters. The van der Waals surface area contributed by atoms with Gasteiger partial charge in [0.1, 0.15) is 11.4 Å². The second-order valence-corrected chi connectivity index (χ2v) is 6.97. The van der Waals surface area contributed by atoms with E-state index in [0.29, 0.717) is 6.04 Å². The Morgan fingerprint density at radius 3 is 2.86 bits per heavy atom. The average Bonchev–Trinajstić information content (AvgIpc) is 2.69. The first-order valence-electron chi connectivity index (χ1n) is 8.05. The van der Waals surface area contributed by atoms with Gasteiger partial charge < -0.3 is 19.9 Å². The lowest BCUT2D eigenvalue weighted by Gasteiger charge is -2.26. The van der Waals surface area contributed by atoms with Gasteiger partial charge in [-0.25, -0.2) is 9.78 Å². The summed E-state index contributed by atoms with van der Waals surface area (Å²) in [5.74, 6) is 0.939. The highest BCUT2D eigenvalue weighted by Gasteiger charge is 2.25. The minimum atomic E-state index is -0.431. The molecule has 22 heavy (non-hydrogen) atoms. The summed E-state index contributed by atoms with van der Waals surface area (Å²) in [4.78, 5) is 21.4. The zero-order chi connectivity index (χ0) is 16.2. The molecule has 1 aromatic heterocycles. The Hall–Kier alpha value is -1.56. The number of hydrogen-bond donors (Lipinski definition) is 2. The van der Waals surface area contributed by atoms with Crippen LogP contribution in [0.5, 0.6) is 0 Å². The maximum atomic E-state index is 12.1. The van der Waals surface area contributed by atoms with E-state index in [1.54, 1.807) is 0 Å². The molecule has 2 heterocycles. The summed E-state index contributed by atoms with van der Waals surface area (Å²) in [7, 11) is 0. The van der Waals surface area contributed by atoms with Crippen LogP contribution in [-0.2, 0) is 11.3 Å². The second-order valence-electron chi connectivity index (χ2n) is 6.97. The number of imidazole rings is 1. The van der Waals surface area contributed by atoms with E-state index < -0.39 is 5.60 Å². The molecule has 0 radical (unpaired) electrons. The first-order valence-corrected chi connectivity index (χ1v) is 8.05. The predicted molar refractivity (Wildman–Crippen MR) is 85.6 cm³/mol. The number of nitrogens with zero attached hydrogens (tertiary/aromatic N) is 2. The van der Waals surface area contributed by atoms with Gasteiger partial charge in [0.15, 0.2) is 0 Å². The molecule has 0 bridgehead atoms. The third-order valence-electron chi connectivity index (χ3n) is 3.72. The fraction of sp³-hybridized carbons (Fsp3) is 0.750. The van der Waals surface area contributed by atoms with E-state index in [1.807, 2.05) is 38.8 Å². The number of hydrogen-bond acceptors (Lipinski definition) is 4. The Morgan fingerprint density at radius 2 is 2.23 bits per heavy atom. The molecule has 1 aromatic rings. The van der Waals surface area contributed by atoms with Gasteiger partial charge >= 0.3 is 6.09 Å². The van der Waals surface area contributed by atoms with Crippen molar-refractivity contribution in [2.75, 3.05) is 13.1 Å². The maximum Gasteiger partial charge on any atom is 0.410 e. The van der Waals surface area contributed by atoms with Crippen LogP contribution < -0.4 is 5.32 Å². The van der Waals surface area contributed by atoms with Gasteiger partial charge in [0.05, 0.1) is 0 Å². The fourth-order valence-corrected chi connectivity index (χ4v) is 2.63. The number of carbonyl (C=O) groups is 1. The predicted octanol–water partition coefficient (Wildman–Crippen LogP) is 2.60. The molecule has 2 rings (SSSR count). The Balaban J connectivity index is 1.78. The van der Waals surface area contributed by atoms with Gasteiger partial charge in [0.25, 0.3) is 0 Å². The number of rotatable bonds is 3. The van der Waals surface area contributed by atoms with Crippen molar-refractivity contribution < 1.29 is 9.53 Å². The van der Waals surface area contributed by atoms with Crippen LogP contribution in [0.25, 0.3) is 0 Å². The molecule has 124 valence electrons. The van der Waals surface area contributed by atoms with Crippen molar-refractivity contribution in [1.29, 1.82) is 0 Å². The van der Waals surface area contributed by atoms with Crippen LogP contribution in [0.15, 0.2) is 6.20 Å². The lowest BCUT2D eigenvalue weighted by molar-refractivity contribution is 0.0256. The monoisotopic (exact) mass is 308 g/mol. The molecule has 1 aliphatic heterocycles. The average molecular weight is 308 g/mol. The van der Waals surface area contributed by atoms with Crippen molar-refractivity contribution in [3.8, 4) is 0 Å². The summed E-state index contributed by atoms with van der Waals surface area (Å²) in [5, 5.41) is 3.55. The molecular formula is C16H28N4O2. The van der Waals surface area contributed by atoms with Crippen LogP contribution in [0.2, 0.25) is 0 Å². The molecule has 1 saturated heterocycles. The van der Waals surface area contributed by atoms with Crippen molar-refractivity contribution in [3.05, 3.63) is 17.7 Å². The normalized spacial score (nSPS) is 19.8. The lowest BCUT2D eigenvalue weighted by atomic mass is 10.1. The zero-order valence-corrected chi connectivity index (χ0v) is 14.1. The molecule has 1 fully saturated rings. The third-order valence-corrected chi connectivity index (χ3v) is 3.72.